The average molecular weight is 243 g/mol. The van der Waals surface area contributed by atoms with Gasteiger partial charge in [-0.1, -0.05) is 23.5 Å². The number of aromatic nitrogens is 1. The van der Waals surface area contributed by atoms with Gasteiger partial charge in [-0.05, 0) is 12.1 Å². The molecular formula is C10H11ClN2OS. The van der Waals surface area contributed by atoms with Crippen molar-refractivity contribution < 1.29 is 4.74 Å². The molecule has 0 aliphatic carbocycles. The highest BCUT2D eigenvalue weighted by Gasteiger charge is 2.19. The van der Waals surface area contributed by atoms with Crippen LogP contribution in [0.5, 0.6) is 5.19 Å². The van der Waals surface area contributed by atoms with Crippen molar-refractivity contribution in [3.8, 4) is 5.19 Å². The van der Waals surface area contributed by atoms with Crippen LogP contribution in [0.4, 0.5) is 0 Å². The second-order valence-electron chi connectivity index (χ2n) is 3.35. The fourth-order valence-corrected chi connectivity index (χ4v) is 2.27. The average Bonchev–Trinajstić information content (AvgIpc) is 2.53. The first-order valence-corrected chi connectivity index (χ1v) is 5.46. The summed E-state index contributed by atoms with van der Waals surface area (Å²) in [4.78, 5) is 4.40. The Morgan fingerprint density at radius 2 is 2.13 bits per heavy atom. The van der Waals surface area contributed by atoms with E-state index in [9.17, 15) is 0 Å². The molecule has 3 rings (SSSR count). The SMILES string of the molecule is Cl.c1ccc2sc(OC3CNC3)nc2c1. The van der Waals surface area contributed by atoms with E-state index >= 15 is 0 Å². The third-order valence-electron chi connectivity index (χ3n) is 2.29. The third-order valence-corrected chi connectivity index (χ3v) is 3.21. The number of para-hydroxylation sites is 1. The van der Waals surface area contributed by atoms with Gasteiger partial charge in [0.2, 0.25) is 0 Å². The molecule has 3 nitrogen and oxygen atoms in total. The van der Waals surface area contributed by atoms with E-state index in [1.807, 2.05) is 18.2 Å². The molecule has 0 spiro atoms. The minimum Gasteiger partial charge on any atom is -0.464 e. The first-order chi connectivity index (χ1) is 6.92. The summed E-state index contributed by atoms with van der Waals surface area (Å²) in [5, 5.41) is 3.96. The molecular weight excluding hydrogens is 232 g/mol. The van der Waals surface area contributed by atoms with Gasteiger partial charge in [0.05, 0.1) is 10.2 Å². The van der Waals surface area contributed by atoms with Crippen LogP contribution in [0.3, 0.4) is 0 Å². The molecule has 0 atom stereocenters. The van der Waals surface area contributed by atoms with Crippen LogP contribution in [-0.4, -0.2) is 24.2 Å². The van der Waals surface area contributed by atoms with Crippen LogP contribution >= 0.6 is 23.7 Å². The van der Waals surface area contributed by atoms with E-state index in [2.05, 4.69) is 16.4 Å². The molecule has 1 saturated heterocycles. The van der Waals surface area contributed by atoms with Crippen molar-refractivity contribution in [1.82, 2.24) is 10.3 Å². The molecule has 80 valence electrons. The lowest BCUT2D eigenvalue weighted by Crippen LogP contribution is -2.50. The molecule has 1 fully saturated rings. The van der Waals surface area contributed by atoms with Crippen LogP contribution in [0.25, 0.3) is 10.2 Å². The molecule has 1 aromatic heterocycles. The summed E-state index contributed by atoms with van der Waals surface area (Å²) in [6, 6.07) is 8.10. The Morgan fingerprint density at radius 3 is 2.80 bits per heavy atom. The van der Waals surface area contributed by atoms with Gasteiger partial charge in [0.15, 0.2) is 0 Å². The number of nitrogens with one attached hydrogen (secondary N) is 1. The summed E-state index contributed by atoms with van der Waals surface area (Å²) in [6.07, 6.45) is 0.315. The lowest BCUT2D eigenvalue weighted by molar-refractivity contribution is 0.142. The summed E-state index contributed by atoms with van der Waals surface area (Å²) in [6.45, 7) is 1.88. The maximum atomic E-state index is 5.68. The minimum atomic E-state index is 0. The summed E-state index contributed by atoms with van der Waals surface area (Å²) in [7, 11) is 0. The first kappa shape index (κ1) is 10.7. The van der Waals surface area contributed by atoms with Gasteiger partial charge < -0.3 is 10.1 Å². The van der Waals surface area contributed by atoms with E-state index in [0.29, 0.717) is 6.10 Å². The maximum absolute atomic E-state index is 5.68. The van der Waals surface area contributed by atoms with Gasteiger partial charge in [0, 0.05) is 13.1 Å². The third kappa shape index (κ3) is 2.07. The zero-order valence-corrected chi connectivity index (χ0v) is 9.61. The summed E-state index contributed by atoms with van der Waals surface area (Å²) in [5.74, 6) is 0. The minimum absolute atomic E-state index is 0. The highest BCUT2D eigenvalue weighted by Crippen LogP contribution is 2.28. The monoisotopic (exact) mass is 242 g/mol. The molecule has 1 aliphatic rings. The van der Waals surface area contributed by atoms with Gasteiger partial charge in [-0.2, -0.15) is 0 Å². The van der Waals surface area contributed by atoms with E-state index < -0.39 is 0 Å². The molecule has 1 aliphatic heterocycles. The van der Waals surface area contributed by atoms with Crippen LogP contribution in [0.1, 0.15) is 0 Å². The zero-order valence-electron chi connectivity index (χ0n) is 7.97. The van der Waals surface area contributed by atoms with Gasteiger partial charge in [-0.15, -0.1) is 12.4 Å². The van der Waals surface area contributed by atoms with E-state index in [-0.39, 0.29) is 12.4 Å². The molecule has 2 heterocycles. The fourth-order valence-electron chi connectivity index (χ4n) is 1.39. The number of hydrogen-bond donors (Lipinski definition) is 1. The second kappa shape index (κ2) is 4.35. The van der Waals surface area contributed by atoms with Crippen LogP contribution in [-0.2, 0) is 0 Å². The van der Waals surface area contributed by atoms with Crippen LogP contribution < -0.4 is 10.1 Å². The van der Waals surface area contributed by atoms with Crippen LogP contribution in [0.2, 0.25) is 0 Å². The van der Waals surface area contributed by atoms with Crippen LogP contribution in [0.15, 0.2) is 24.3 Å². The Hall–Kier alpha value is -0.840. The topological polar surface area (TPSA) is 34.1 Å². The van der Waals surface area contributed by atoms with E-state index in [0.717, 1.165) is 23.8 Å². The number of hydrogen-bond acceptors (Lipinski definition) is 4. The molecule has 5 heteroatoms. The number of nitrogens with zero attached hydrogens (tertiary/aromatic N) is 1. The smallest absolute Gasteiger partial charge is 0.274 e. The number of halogens is 1. The normalized spacial score (nSPS) is 15.7. The molecule has 1 aromatic carbocycles. The molecule has 0 radical (unpaired) electrons. The number of thiazole rings is 1. The standard InChI is InChI=1S/C10H10N2OS.ClH/c1-2-4-9-8(3-1)12-10(14-9)13-7-5-11-6-7;/h1-4,7,11H,5-6H2;1H. The Bertz CT molecular complexity index is 422. The molecule has 0 amide bonds. The van der Waals surface area contributed by atoms with Crippen molar-refractivity contribution in [1.29, 1.82) is 0 Å². The Kier molecular flexibility index (Phi) is 3.09. The Labute approximate surface area is 97.9 Å². The molecule has 15 heavy (non-hydrogen) atoms. The number of rotatable bonds is 2. The van der Waals surface area contributed by atoms with E-state index in [1.165, 1.54) is 4.70 Å². The van der Waals surface area contributed by atoms with Crippen LogP contribution in [0, 0.1) is 0 Å². The lowest BCUT2D eigenvalue weighted by atomic mass is 10.2. The predicted molar refractivity (Wildman–Crippen MR) is 64.2 cm³/mol. The van der Waals surface area contributed by atoms with Crippen molar-refractivity contribution in [3.63, 3.8) is 0 Å². The fraction of sp³-hybridized carbons (Fsp3) is 0.300. The predicted octanol–water partition coefficient (Wildman–Crippen LogP) is 2.07. The zero-order chi connectivity index (χ0) is 9.38. The molecule has 2 aromatic rings. The summed E-state index contributed by atoms with van der Waals surface area (Å²) >= 11 is 1.61. The van der Waals surface area contributed by atoms with E-state index in [1.54, 1.807) is 11.3 Å². The number of fused-ring (bicyclic) bond motifs is 1. The summed E-state index contributed by atoms with van der Waals surface area (Å²) in [5.41, 5.74) is 1.03. The van der Waals surface area contributed by atoms with Gasteiger partial charge in [-0.3, -0.25) is 0 Å². The van der Waals surface area contributed by atoms with Crippen molar-refractivity contribution in [2.45, 2.75) is 6.10 Å². The van der Waals surface area contributed by atoms with Crippen molar-refractivity contribution in [2.75, 3.05) is 13.1 Å². The van der Waals surface area contributed by atoms with Crippen molar-refractivity contribution in [3.05, 3.63) is 24.3 Å². The lowest BCUT2D eigenvalue weighted by Gasteiger charge is -2.26. The van der Waals surface area contributed by atoms with Gasteiger partial charge >= 0.3 is 0 Å². The quantitative estimate of drug-likeness (QED) is 0.876. The number of benzene rings is 1. The highest BCUT2D eigenvalue weighted by molar-refractivity contribution is 7.20. The molecule has 0 unspecified atom stereocenters. The summed E-state index contributed by atoms with van der Waals surface area (Å²) < 4.78 is 6.87. The van der Waals surface area contributed by atoms with Gasteiger partial charge in [0.25, 0.3) is 5.19 Å². The van der Waals surface area contributed by atoms with E-state index in [4.69, 9.17) is 4.74 Å². The van der Waals surface area contributed by atoms with Crippen molar-refractivity contribution in [2.24, 2.45) is 0 Å². The van der Waals surface area contributed by atoms with Crippen molar-refractivity contribution >= 4 is 34.0 Å². The maximum Gasteiger partial charge on any atom is 0.274 e. The van der Waals surface area contributed by atoms with Gasteiger partial charge in [0.1, 0.15) is 6.10 Å². The van der Waals surface area contributed by atoms with Gasteiger partial charge in [-0.25, -0.2) is 4.98 Å². The molecule has 1 N–H and O–H groups in total. The first-order valence-electron chi connectivity index (χ1n) is 4.65. The molecule has 0 bridgehead atoms. The highest BCUT2D eigenvalue weighted by atomic mass is 35.5. The largest absolute Gasteiger partial charge is 0.464 e. The number of ether oxygens (including phenoxy) is 1. The Balaban J connectivity index is 0.000000853. The molecule has 0 saturated carbocycles. The second-order valence-corrected chi connectivity index (χ2v) is 4.34. The Morgan fingerprint density at radius 1 is 1.33 bits per heavy atom.